The van der Waals surface area contributed by atoms with Gasteiger partial charge in [-0.15, -0.1) is 0 Å². The summed E-state index contributed by atoms with van der Waals surface area (Å²) in [6.07, 6.45) is 1.95. The van der Waals surface area contributed by atoms with Gasteiger partial charge in [0.2, 0.25) is 0 Å². The van der Waals surface area contributed by atoms with Crippen LogP contribution in [0.5, 0.6) is 0 Å². The zero-order valence-corrected chi connectivity index (χ0v) is 10.1. The van der Waals surface area contributed by atoms with Gasteiger partial charge in [-0.3, -0.25) is 4.57 Å². The van der Waals surface area contributed by atoms with E-state index >= 15 is 0 Å². The number of nitrogen functional groups attached to an aromatic ring is 1. The van der Waals surface area contributed by atoms with Crippen molar-refractivity contribution in [1.82, 2.24) is 19.5 Å². The summed E-state index contributed by atoms with van der Waals surface area (Å²) in [6, 6.07) is 0. The van der Waals surface area contributed by atoms with E-state index in [-0.39, 0.29) is 6.10 Å². The molecule has 1 aliphatic rings. The molecular weight excluding hydrogens is 250 g/mol. The second-order valence-corrected chi connectivity index (χ2v) is 4.41. The summed E-state index contributed by atoms with van der Waals surface area (Å²) in [7, 11) is 3.31. The smallest absolute Gasteiger partial charge is 0.167 e. The van der Waals surface area contributed by atoms with Gasteiger partial charge < -0.3 is 20.3 Å². The molecule has 1 fully saturated rings. The Morgan fingerprint density at radius 1 is 1.53 bits per heavy atom. The summed E-state index contributed by atoms with van der Waals surface area (Å²) >= 11 is 0. The first-order valence-electron chi connectivity index (χ1n) is 5.84. The fourth-order valence-corrected chi connectivity index (χ4v) is 2.28. The minimum atomic E-state index is -0.659. The molecular formula is C11H14N5O3. The molecule has 0 saturated carbocycles. The first-order valence-corrected chi connectivity index (χ1v) is 5.84. The van der Waals surface area contributed by atoms with Crippen LogP contribution in [-0.2, 0) is 9.47 Å². The number of ether oxygens (including phenoxy) is 2. The van der Waals surface area contributed by atoms with Crippen molar-refractivity contribution >= 4 is 17.0 Å². The second kappa shape index (κ2) is 4.72. The van der Waals surface area contributed by atoms with Gasteiger partial charge in [0, 0.05) is 6.42 Å². The molecule has 8 heteroatoms. The minimum Gasteiger partial charge on any atom is -0.388 e. The molecule has 0 aliphatic carbocycles. The normalized spacial score (nSPS) is 27.2. The van der Waals surface area contributed by atoms with Crippen LogP contribution < -0.4 is 5.73 Å². The Hall–Kier alpha value is -1.77. The number of anilines is 1. The van der Waals surface area contributed by atoms with E-state index < -0.39 is 12.3 Å². The third-order valence-electron chi connectivity index (χ3n) is 3.13. The zero-order chi connectivity index (χ0) is 13.4. The average molecular weight is 264 g/mol. The SMILES string of the molecule is [CH2]OCC1CC(O)C(n2cnc3c(N)ncnc32)O1. The Labute approximate surface area is 109 Å². The van der Waals surface area contributed by atoms with Gasteiger partial charge in [-0.25, -0.2) is 15.0 Å². The molecule has 3 rings (SSSR count). The third kappa shape index (κ3) is 2.03. The summed E-state index contributed by atoms with van der Waals surface area (Å²) in [4.78, 5) is 12.1. The largest absolute Gasteiger partial charge is 0.388 e. The maximum absolute atomic E-state index is 10.1. The summed E-state index contributed by atoms with van der Waals surface area (Å²) in [5.74, 6) is 0.300. The first kappa shape index (κ1) is 12.3. The Balaban J connectivity index is 1.94. The Morgan fingerprint density at radius 2 is 2.37 bits per heavy atom. The van der Waals surface area contributed by atoms with E-state index in [1.807, 2.05) is 0 Å². The highest BCUT2D eigenvalue weighted by molar-refractivity contribution is 5.81. The van der Waals surface area contributed by atoms with Crippen molar-refractivity contribution in [1.29, 1.82) is 0 Å². The van der Waals surface area contributed by atoms with Crippen LogP contribution in [0.3, 0.4) is 0 Å². The number of rotatable bonds is 3. The van der Waals surface area contributed by atoms with Crippen LogP contribution in [0.15, 0.2) is 12.7 Å². The van der Waals surface area contributed by atoms with Crippen LogP contribution >= 0.6 is 0 Å². The summed E-state index contributed by atoms with van der Waals surface area (Å²) in [5.41, 5.74) is 6.75. The molecule has 101 valence electrons. The van der Waals surface area contributed by atoms with E-state index in [2.05, 4.69) is 22.1 Å². The standard InChI is InChI=1S/C11H14N5O3/c1-18-3-6-2-7(17)11(19-6)16-5-15-8-9(12)13-4-14-10(8)16/h4-7,11,17H,1-3H2,(H2,12,13,14). The van der Waals surface area contributed by atoms with Crippen LogP contribution in [-0.4, -0.2) is 43.4 Å². The molecule has 2 aromatic heterocycles. The fraction of sp³-hybridized carbons (Fsp3) is 0.455. The van der Waals surface area contributed by atoms with Crippen molar-refractivity contribution in [3.05, 3.63) is 19.8 Å². The quantitative estimate of drug-likeness (QED) is 0.794. The minimum absolute atomic E-state index is 0.200. The summed E-state index contributed by atoms with van der Waals surface area (Å²) in [5, 5.41) is 10.1. The molecule has 3 N–H and O–H groups in total. The number of aliphatic hydroxyl groups is 1. The van der Waals surface area contributed by atoms with Crippen molar-refractivity contribution in [2.24, 2.45) is 0 Å². The Morgan fingerprint density at radius 3 is 3.16 bits per heavy atom. The Bertz CT molecular complexity index is 587. The summed E-state index contributed by atoms with van der Waals surface area (Å²) < 4.78 is 12.2. The number of aromatic nitrogens is 4. The van der Waals surface area contributed by atoms with Crippen LogP contribution in [0, 0.1) is 7.11 Å². The lowest BCUT2D eigenvalue weighted by molar-refractivity contribution is -0.0508. The number of aliphatic hydroxyl groups excluding tert-OH is 1. The molecule has 1 aliphatic heterocycles. The van der Waals surface area contributed by atoms with E-state index in [1.54, 1.807) is 4.57 Å². The monoisotopic (exact) mass is 264 g/mol. The van der Waals surface area contributed by atoms with E-state index in [4.69, 9.17) is 15.2 Å². The first-order chi connectivity index (χ1) is 9.20. The average Bonchev–Trinajstić information content (AvgIpc) is 2.94. The van der Waals surface area contributed by atoms with Crippen LogP contribution in [0.1, 0.15) is 12.6 Å². The molecule has 8 nitrogen and oxygen atoms in total. The third-order valence-corrected chi connectivity index (χ3v) is 3.13. The molecule has 0 amide bonds. The molecule has 19 heavy (non-hydrogen) atoms. The number of nitrogens with zero attached hydrogens (tertiary/aromatic N) is 4. The predicted molar refractivity (Wildman–Crippen MR) is 65.6 cm³/mol. The highest BCUT2D eigenvalue weighted by Crippen LogP contribution is 2.31. The van der Waals surface area contributed by atoms with E-state index in [1.165, 1.54) is 12.7 Å². The lowest BCUT2D eigenvalue weighted by atomic mass is 10.2. The molecule has 3 unspecified atom stereocenters. The van der Waals surface area contributed by atoms with E-state index in [0.29, 0.717) is 30.0 Å². The van der Waals surface area contributed by atoms with Gasteiger partial charge in [-0.05, 0) is 0 Å². The number of nitrogens with two attached hydrogens (primary N) is 1. The zero-order valence-electron chi connectivity index (χ0n) is 10.1. The van der Waals surface area contributed by atoms with Crippen molar-refractivity contribution in [3.8, 4) is 0 Å². The molecule has 2 aromatic rings. The predicted octanol–water partition coefficient (Wildman–Crippen LogP) is -0.135. The second-order valence-electron chi connectivity index (χ2n) is 4.41. The molecule has 1 saturated heterocycles. The van der Waals surface area contributed by atoms with Crippen LogP contribution in [0.25, 0.3) is 11.2 Å². The molecule has 3 atom stereocenters. The number of hydrogen-bond donors (Lipinski definition) is 2. The van der Waals surface area contributed by atoms with Gasteiger partial charge in [0.25, 0.3) is 0 Å². The highest BCUT2D eigenvalue weighted by Gasteiger charge is 2.36. The maximum atomic E-state index is 10.1. The van der Waals surface area contributed by atoms with Crippen molar-refractivity contribution < 1.29 is 14.6 Å². The number of imidazole rings is 1. The van der Waals surface area contributed by atoms with Gasteiger partial charge in [-0.1, -0.05) is 0 Å². The van der Waals surface area contributed by atoms with Gasteiger partial charge in [0.1, 0.15) is 17.9 Å². The van der Waals surface area contributed by atoms with Gasteiger partial charge in [0.05, 0.1) is 26.1 Å². The maximum Gasteiger partial charge on any atom is 0.167 e. The fourth-order valence-electron chi connectivity index (χ4n) is 2.28. The molecule has 1 radical (unpaired) electrons. The lowest BCUT2D eigenvalue weighted by Gasteiger charge is -2.16. The van der Waals surface area contributed by atoms with Gasteiger partial charge in [-0.2, -0.15) is 0 Å². The molecule has 0 spiro atoms. The molecule has 0 bridgehead atoms. The lowest BCUT2D eigenvalue weighted by Crippen LogP contribution is -2.19. The van der Waals surface area contributed by atoms with Gasteiger partial charge in [0.15, 0.2) is 17.7 Å². The van der Waals surface area contributed by atoms with Crippen LogP contribution in [0.4, 0.5) is 5.82 Å². The topological polar surface area (TPSA) is 108 Å². The number of fused-ring (bicyclic) bond motifs is 1. The molecule has 0 aromatic carbocycles. The van der Waals surface area contributed by atoms with Crippen molar-refractivity contribution in [2.75, 3.05) is 12.3 Å². The van der Waals surface area contributed by atoms with E-state index in [0.717, 1.165) is 0 Å². The van der Waals surface area contributed by atoms with Crippen LogP contribution in [0.2, 0.25) is 0 Å². The van der Waals surface area contributed by atoms with Gasteiger partial charge >= 0.3 is 0 Å². The van der Waals surface area contributed by atoms with E-state index in [9.17, 15) is 5.11 Å². The highest BCUT2D eigenvalue weighted by atomic mass is 16.6. The van der Waals surface area contributed by atoms with Crippen molar-refractivity contribution in [3.63, 3.8) is 0 Å². The molecule has 3 heterocycles. The number of hydrogen-bond acceptors (Lipinski definition) is 7. The Kier molecular flexibility index (Phi) is 3.05. The summed E-state index contributed by atoms with van der Waals surface area (Å²) in [6.45, 7) is 0.331. The van der Waals surface area contributed by atoms with Crippen molar-refractivity contribution in [2.45, 2.75) is 24.9 Å².